The van der Waals surface area contributed by atoms with Crippen LogP contribution in [-0.4, -0.2) is 50.8 Å². The van der Waals surface area contributed by atoms with Crippen LogP contribution >= 0.6 is 11.6 Å². The number of rotatable bonds is 4. The first-order chi connectivity index (χ1) is 16.6. The lowest BCUT2D eigenvalue weighted by Gasteiger charge is -2.32. The Balaban J connectivity index is 1.16. The van der Waals surface area contributed by atoms with Crippen LogP contribution in [0.2, 0.25) is 5.02 Å². The van der Waals surface area contributed by atoms with Gasteiger partial charge in [-0.15, -0.1) is 5.10 Å². The molecule has 3 heterocycles. The molecule has 1 aromatic carbocycles. The standard InChI is InChI=1S/C25H32ClN5O3/c26-19-9-7-17(8-10-19)22-15-31-21(16-34-22)23(28-29-31)25(33)30-13-11-18(12-14-30)24(32)27-20-5-3-1-2-4-6-20/h7-10,18,20,22H,1-6,11-16H2,(H,27,32)/t22-/m1/s1. The van der Waals surface area contributed by atoms with E-state index in [1.807, 2.05) is 24.3 Å². The minimum Gasteiger partial charge on any atom is -0.365 e. The van der Waals surface area contributed by atoms with Gasteiger partial charge in [-0.2, -0.15) is 0 Å². The van der Waals surface area contributed by atoms with E-state index in [1.165, 1.54) is 25.7 Å². The fraction of sp³-hybridized carbons (Fsp3) is 0.600. The number of piperidine rings is 1. The van der Waals surface area contributed by atoms with Crippen LogP contribution in [0, 0.1) is 5.92 Å². The van der Waals surface area contributed by atoms with Crippen molar-refractivity contribution in [1.29, 1.82) is 0 Å². The highest BCUT2D eigenvalue weighted by Gasteiger charge is 2.33. The fourth-order valence-corrected chi connectivity index (χ4v) is 5.42. The average Bonchev–Trinajstić information content (AvgIpc) is 3.12. The first-order valence-corrected chi connectivity index (χ1v) is 12.9. The molecule has 8 nitrogen and oxygen atoms in total. The third-order valence-corrected chi connectivity index (χ3v) is 7.65. The molecule has 1 atom stereocenters. The number of nitrogens with zero attached hydrogens (tertiary/aromatic N) is 4. The van der Waals surface area contributed by atoms with Crippen molar-refractivity contribution in [3.05, 3.63) is 46.2 Å². The monoisotopic (exact) mass is 485 g/mol. The number of ether oxygens (including phenoxy) is 1. The Labute approximate surface area is 205 Å². The third kappa shape index (κ3) is 5.13. The second-order valence-corrected chi connectivity index (χ2v) is 10.1. The van der Waals surface area contributed by atoms with Gasteiger partial charge in [-0.05, 0) is 43.4 Å². The zero-order valence-electron chi connectivity index (χ0n) is 19.4. The van der Waals surface area contributed by atoms with Crippen LogP contribution in [0.5, 0.6) is 0 Å². The number of hydrogen-bond donors (Lipinski definition) is 1. The van der Waals surface area contributed by atoms with Crippen LogP contribution in [0.15, 0.2) is 24.3 Å². The Bertz CT molecular complexity index is 1010. The molecule has 0 radical (unpaired) electrons. The van der Waals surface area contributed by atoms with Crippen molar-refractivity contribution in [3.63, 3.8) is 0 Å². The second-order valence-electron chi connectivity index (χ2n) is 9.68. The summed E-state index contributed by atoms with van der Waals surface area (Å²) in [5.74, 6) is 0.00361. The molecular weight excluding hydrogens is 454 g/mol. The van der Waals surface area contributed by atoms with Gasteiger partial charge in [0.2, 0.25) is 5.91 Å². The Morgan fingerprint density at radius 2 is 1.71 bits per heavy atom. The molecule has 0 unspecified atom stereocenters. The van der Waals surface area contributed by atoms with Crippen LogP contribution in [0.4, 0.5) is 0 Å². The van der Waals surface area contributed by atoms with Crippen LogP contribution in [0.1, 0.15) is 79.2 Å². The van der Waals surface area contributed by atoms with E-state index in [2.05, 4.69) is 15.6 Å². The summed E-state index contributed by atoms with van der Waals surface area (Å²) in [6, 6.07) is 7.88. The molecule has 182 valence electrons. The predicted molar refractivity (Wildman–Crippen MR) is 127 cm³/mol. The first-order valence-electron chi connectivity index (χ1n) is 12.5. The van der Waals surface area contributed by atoms with Gasteiger partial charge in [-0.25, -0.2) is 4.68 Å². The van der Waals surface area contributed by atoms with Gasteiger partial charge in [0.1, 0.15) is 6.10 Å². The molecular formula is C25H32ClN5O3. The highest BCUT2D eigenvalue weighted by atomic mass is 35.5. The summed E-state index contributed by atoms with van der Waals surface area (Å²) in [5, 5.41) is 12.4. The summed E-state index contributed by atoms with van der Waals surface area (Å²) >= 11 is 5.99. The van der Waals surface area contributed by atoms with E-state index in [1.54, 1.807) is 9.58 Å². The summed E-state index contributed by atoms with van der Waals surface area (Å²) in [6.45, 7) is 1.90. The number of halogens is 1. The maximum Gasteiger partial charge on any atom is 0.276 e. The number of benzene rings is 1. The van der Waals surface area contributed by atoms with Crippen molar-refractivity contribution in [2.75, 3.05) is 13.1 Å². The van der Waals surface area contributed by atoms with E-state index >= 15 is 0 Å². The van der Waals surface area contributed by atoms with Gasteiger partial charge in [-0.1, -0.05) is 54.6 Å². The Morgan fingerprint density at radius 3 is 2.41 bits per heavy atom. The number of amides is 2. The molecule has 2 amide bonds. The lowest BCUT2D eigenvalue weighted by atomic mass is 9.94. The zero-order valence-corrected chi connectivity index (χ0v) is 20.2. The summed E-state index contributed by atoms with van der Waals surface area (Å²) in [7, 11) is 0. The van der Waals surface area contributed by atoms with Gasteiger partial charge in [0.05, 0.1) is 18.8 Å². The maximum atomic E-state index is 13.2. The minimum atomic E-state index is -0.155. The third-order valence-electron chi connectivity index (χ3n) is 7.40. The first kappa shape index (κ1) is 23.3. The molecule has 1 saturated heterocycles. The van der Waals surface area contributed by atoms with E-state index in [0.717, 1.165) is 18.4 Å². The molecule has 2 aliphatic heterocycles. The van der Waals surface area contributed by atoms with Crippen molar-refractivity contribution in [1.82, 2.24) is 25.2 Å². The Hall–Kier alpha value is -2.45. The molecule has 1 aliphatic carbocycles. The summed E-state index contributed by atoms with van der Waals surface area (Å²) in [4.78, 5) is 27.8. The van der Waals surface area contributed by atoms with Crippen molar-refractivity contribution in [3.8, 4) is 0 Å². The minimum absolute atomic E-state index is 0.0233. The van der Waals surface area contributed by atoms with Gasteiger partial charge < -0.3 is 15.0 Å². The van der Waals surface area contributed by atoms with Crippen molar-refractivity contribution in [2.24, 2.45) is 5.92 Å². The summed E-state index contributed by atoms with van der Waals surface area (Å²) < 4.78 is 7.80. The predicted octanol–water partition coefficient (Wildman–Crippen LogP) is 3.89. The number of nitrogens with one attached hydrogen (secondary N) is 1. The number of fused-ring (bicyclic) bond motifs is 1. The molecule has 1 aromatic heterocycles. The highest BCUT2D eigenvalue weighted by Crippen LogP contribution is 2.29. The molecule has 0 bridgehead atoms. The van der Waals surface area contributed by atoms with Gasteiger partial charge in [0, 0.05) is 30.1 Å². The largest absolute Gasteiger partial charge is 0.365 e. The van der Waals surface area contributed by atoms with E-state index in [4.69, 9.17) is 16.3 Å². The van der Waals surface area contributed by atoms with Crippen molar-refractivity contribution < 1.29 is 14.3 Å². The Kier molecular flexibility index (Phi) is 7.15. The normalized spacial score (nSPS) is 22.1. The number of carbonyl (C=O) groups excluding carboxylic acids is 2. The number of hydrogen-bond acceptors (Lipinski definition) is 5. The van der Waals surface area contributed by atoms with Crippen LogP contribution < -0.4 is 5.32 Å². The summed E-state index contributed by atoms with van der Waals surface area (Å²) in [5.41, 5.74) is 2.09. The smallest absolute Gasteiger partial charge is 0.276 e. The molecule has 9 heteroatoms. The van der Waals surface area contributed by atoms with E-state index in [9.17, 15) is 9.59 Å². The summed E-state index contributed by atoms with van der Waals surface area (Å²) in [6.07, 6.45) is 8.32. The number of carbonyl (C=O) groups is 2. The molecule has 1 saturated carbocycles. The van der Waals surface area contributed by atoms with E-state index in [-0.39, 0.29) is 30.4 Å². The lowest BCUT2D eigenvalue weighted by Crippen LogP contribution is -2.45. The van der Waals surface area contributed by atoms with Crippen molar-refractivity contribution in [2.45, 2.75) is 76.7 Å². The Morgan fingerprint density at radius 1 is 1.00 bits per heavy atom. The quantitative estimate of drug-likeness (QED) is 0.663. The number of aromatic nitrogens is 3. The lowest BCUT2D eigenvalue weighted by molar-refractivity contribution is -0.127. The second kappa shape index (κ2) is 10.4. The fourth-order valence-electron chi connectivity index (χ4n) is 5.29. The SMILES string of the molecule is O=C(NC1CCCCCC1)C1CCN(C(=O)c2nnn3c2CO[C@@H](c2ccc(Cl)cc2)C3)CC1. The zero-order chi connectivity index (χ0) is 23.5. The van der Waals surface area contributed by atoms with Crippen molar-refractivity contribution >= 4 is 23.4 Å². The van der Waals surface area contributed by atoms with E-state index in [0.29, 0.717) is 54.9 Å². The molecule has 2 fully saturated rings. The molecule has 2 aromatic rings. The van der Waals surface area contributed by atoms with Crippen LogP contribution in [0.25, 0.3) is 0 Å². The highest BCUT2D eigenvalue weighted by molar-refractivity contribution is 6.30. The molecule has 3 aliphatic rings. The van der Waals surface area contributed by atoms with Crippen LogP contribution in [-0.2, 0) is 22.7 Å². The molecule has 5 rings (SSSR count). The van der Waals surface area contributed by atoms with Gasteiger partial charge in [0.15, 0.2) is 5.69 Å². The van der Waals surface area contributed by atoms with Crippen LogP contribution in [0.3, 0.4) is 0 Å². The topological polar surface area (TPSA) is 89.4 Å². The van der Waals surface area contributed by atoms with Gasteiger partial charge in [-0.3, -0.25) is 9.59 Å². The molecule has 0 spiro atoms. The maximum absolute atomic E-state index is 13.2. The molecule has 1 N–H and O–H groups in total. The van der Waals surface area contributed by atoms with Gasteiger partial charge in [0.25, 0.3) is 5.91 Å². The van der Waals surface area contributed by atoms with Gasteiger partial charge >= 0.3 is 0 Å². The van der Waals surface area contributed by atoms with E-state index < -0.39 is 0 Å². The average molecular weight is 486 g/mol. The number of likely N-dealkylation sites (tertiary alicyclic amines) is 1. The molecule has 34 heavy (non-hydrogen) atoms.